The highest BCUT2D eigenvalue weighted by molar-refractivity contribution is 5.75. The summed E-state index contributed by atoms with van der Waals surface area (Å²) in [6.45, 7) is 3.12. The first-order valence-electron chi connectivity index (χ1n) is 6.47. The molecule has 18 heavy (non-hydrogen) atoms. The maximum absolute atomic E-state index is 12.0. The number of aliphatic carboxylic acids is 1. The summed E-state index contributed by atoms with van der Waals surface area (Å²) in [5.74, 6) is -0.833. The molecule has 2 aliphatic rings. The van der Waals surface area contributed by atoms with Crippen LogP contribution in [0.2, 0.25) is 0 Å². The minimum absolute atomic E-state index is 0.0792. The quantitative estimate of drug-likeness (QED) is 0.780. The van der Waals surface area contributed by atoms with Crippen LogP contribution >= 0.6 is 0 Å². The number of carboxylic acid groups (broad SMARTS) is 1. The molecule has 3 atom stereocenters. The van der Waals surface area contributed by atoms with Gasteiger partial charge < -0.3 is 20.1 Å². The fraction of sp³-hybridized carbons (Fsp3) is 0.833. The number of fused-ring (bicyclic) bond motifs is 2. The van der Waals surface area contributed by atoms with E-state index in [1.165, 1.54) is 0 Å². The van der Waals surface area contributed by atoms with Crippen LogP contribution in [0.15, 0.2) is 0 Å². The molecule has 0 aliphatic carbocycles. The second-order valence-electron chi connectivity index (χ2n) is 5.15. The van der Waals surface area contributed by atoms with Gasteiger partial charge >= 0.3 is 12.0 Å². The molecule has 2 rings (SSSR count). The van der Waals surface area contributed by atoms with Crippen molar-refractivity contribution >= 4 is 12.0 Å². The van der Waals surface area contributed by atoms with E-state index in [9.17, 15) is 9.59 Å². The smallest absolute Gasteiger partial charge is 0.317 e. The molecular weight excluding hydrogens is 236 g/mol. The number of nitrogens with one attached hydrogen (secondary N) is 1. The maximum Gasteiger partial charge on any atom is 0.317 e. The number of carbonyl (C=O) groups excluding carboxylic acids is 1. The molecule has 102 valence electrons. The van der Waals surface area contributed by atoms with E-state index in [0.717, 1.165) is 12.8 Å². The molecule has 0 aromatic carbocycles. The van der Waals surface area contributed by atoms with Crippen LogP contribution in [-0.2, 0) is 9.53 Å². The largest absolute Gasteiger partial charge is 0.481 e. The molecule has 0 aromatic rings. The van der Waals surface area contributed by atoms with Gasteiger partial charge in [0.25, 0.3) is 0 Å². The van der Waals surface area contributed by atoms with Crippen molar-refractivity contribution in [2.24, 2.45) is 0 Å². The molecule has 6 nitrogen and oxygen atoms in total. The third kappa shape index (κ3) is 3.35. The van der Waals surface area contributed by atoms with Crippen LogP contribution in [0, 0.1) is 0 Å². The van der Waals surface area contributed by atoms with Crippen LogP contribution < -0.4 is 5.32 Å². The van der Waals surface area contributed by atoms with Crippen molar-refractivity contribution in [3.05, 3.63) is 0 Å². The Balaban J connectivity index is 1.75. The predicted molar refractivity (Wildman–Crippen MR) is 64.3 cm³/mol. The number of nitrogens with zero attached hydrogens (tertiary/aromatic N) is 1. The van der Waals surface area contributed by atoms with E-state index < -0.39 is 5.97 Å². The van der Waals surface area contributed by atoms with Gasteiger partial charge in [-0.2, -0.15) is 0 Å². The Labute approximate surface area is 106 Å². The zero-order chi connectivity index (χ0) is 13.1. The molecule has 2 amide bonds. The second kappa shape index (κ2) is 5.56. The molecule has 6 heteroatoms. The number of morpholine rings is 1. The summed E-state index contributed by atoms with van der Waals surface area (Å²) in [5.41, 5.74) is 0. The number of ether oxygens (including phenoxy) is 1. The molecule has 2 N–H and O–H groups in total. The number of rotatable bonds is 4. The van der Waals surface area contributed by atoms with Gasteiger partial charge in [-0.05, 0) is 26.2 Å². The third-order valence-electron chi connectivity index (χ3n) is 3.49. The molecule has 0 aromatic heterocycles. The van der Waals surface area contributed by atoms with Gasteiger partial charge in [0.1, 0.15) is 0 Å². The van der Waals surface area contributed by atoms with Crippen LogP contribution in [0.1, 0.15) is 32.6 Å². The standard InChI is InChI=1S/C12H20N2O4/c1-8(2-5-11(15)16)13-12(17)14-6-9-3-4-10(7-14)18-9/h8-10H,2-7H2,1H3,(H,13,17)(H,15,16). The van der Waals surface area contributed by atoms with Crippen LogP contribution in [-0.4, -0.2) is 53.3 Å². The number of urea groups is 1. The van der Waals surface area contributed by atoms with E-state index in [4.69, 9.17) is 9.84 Å². The topological polar surface area (TPSA) is 78.9 Å². The average Bonchev–Trinajstić information content (AvgIpc) is 2.65. The third-order valence-corrected chi connectivity index (χ3v) is 3.49. The minimum atomic E-state index is -0.833. The highest BCUT2D eigenvalue weighted by Crippen LogP contribution is 2.26. The molecule has 2 saturated heterocycles. The highest BCUT2D eigenvalue weighted by atomic mass is 16.5. The van der Waals surface area contributed by atoms with Gasteiger partial charge in [-0.25, -0.2) is 4.79 Å². The molecular formula is C12H20N2O4. The molecule has 3 unspecified atom stereocenters. The minimum Gasteiger partial charge on any atom is -0.481 e. The number of carbonyl (C=O) groups is 2. The fourth-order valence-corrected chi connectivity index (χ4v) is 2.49. The summed E-state index contributed by atoms with van der Waals surface area (Å²) in [6.07, 6.45) is 2.97. The van der Waals surface area contributed by atoms with Gasteiger partial charge in [0.05, 0.1) is 12.2 Å². The molecule has 2 bridgehead atoms. The zero-order valence-electron chi connectivity index (χ0n) is 10.6. The van der Waals surface area contributed by atoms with Gasteiger partial charge in [0.2, 0.25) is 0 Å². The second-order valence-corrected chi connectivity index (χ2v) is 5.15. The van der Waals surface area contributed by atoms with Gasteiger partial charge in [0, 0.05) is 25.6 Å². The van der Waals surface area contributed by atoms with E-state index in [0.29, 0.717) is 19.5 Å². The molecule has 2 heterocycles. The Morgan fingerprint density at radius 2 is 2.00 bits per heavy atom. The Bertz CT molecular complexity index is 322. The van der Waals surface area contributed by atoms with Crippen molar-refractivity contribution < 1.29 is 19.4 Å². The maximum atomic E-state index is 12.0. The van der Waals surface area contributed by atoms with Crippen LogP contribution in [0.25, 0.3) is 0 Å². The zero-order valence-corrected chi connectivity index (χ0v) is 10.6. The van der Waals surface area contributed by atoms with Gasteiger partial charge in [-0.15, -0.1) is 0 Å². The van der Waals surface area contributed by atoms with E-state index >= 15 is 0 Å². The Morgan fingerprint density at radius 1 is 1.39 bits per heavy atom. The van der Waals surface area contributed by atoms with Crippen LogP contribution in [0.5, 0.6) is 0 Å². The van der Waals surface area contributed by atoms with E-state index in [2.05, 4.69) is 5.32 Å². The number of hydrogen-bond acceptors (Lipinski definition) is 3. The van der Waals surface area contributed by atoms with Gasteiger partial charge in [0.15, 0.2) is 0 Å². The lowest BCUT2D eigenvalue weighted by atomic mass is 10.2. The van der Waals surface area contributed by atoms with E-state index in [1.54, 1.807) is 4.90 Å². The summed E-state index contributed by atoms with van der Waals surface area (Å²) in [5, 5.41) is 11.4. The average molecular weight is 256 g/mol. The number of amides is 2. The molecule has 0 saturated carbocycles. The van der Waals surface area contributed by atoms with E-state index in [-0.39, 0.29) is 30.7 Å². The van der Waals surface area contributed by atoms with Crippen LogP contribution in [0.3, 0.4) is 0 Å². The highest BCUT2D eigenvalue weighted by Gasteiger charge is 2.35. The molecule has 0 radical (unpaired) electrons. The summed E-state index contributed by atoms with van der Waals surface area (Å²) in [7, 11) is 0. The van der Waals surface area contributed by atoms with Crippen molar-refractivity contribution in [1.29, 1.82) is 0 Å². The summed E-state index contributed by atoms with van der Waals surface area (Å²) < 4.78 is 5.66. The van der Waals surface area contributed by atoms with Crippen molar-refractivity contribution in [3.8, 4) is 0 Å². The first-order chi connectivity index (χ1) is 8.54. The van der Waals surface area contributed by atoms with Gasteiger partial charge in [-0.3, -0.25) is 4.79 Å². The first kappa shape index (κ1) is 13.1. The normalized spacial score (nSPS) is 27.9. The lowest BCUT2D eigenvalue weighted by molar-refractivity contribution is -0.137. The monoisotopic (exact) mass is 256 g/mol. The number of likely N-dealkylation sites (tertiary alicyclic amines) is 1. The fourth-order valence-electron chi connectivity index (χ4n) is 2.49. The number of carboxylic acids is 1. The summed E-state index contributed by atoms with van der Waals surface area (Å²) in [6, 6.07) is -0.220. The van der Waals surface area contributed by atoms with Crippen molar-refractivity contribution in [3.63, 3.8) is 0 Å². The summed E-state index contributed by atoms with van der Waals surface area (Å²) >= 11 is 0. The lowest BCUT2D eigenvalue weighted by Crippen LogP contribution is -2.51. The SMILES string of the molecule is CC(CCC(=O)O)NC(=O)N1CC2CCC(C1)O2. The van der Waals surface area contributed by atoms with Gasteiger partial charge in [-0.1, -0.05) is 0 Å². The predicted octanol–water partition coefficient (Wildman–Crippen LogP) is 0.812. The Kier molecular flexibility index (Phi) is 4.06. The lowest BCUT2D eigenvalue weighted by Gasteiger charge is -2.33. The molecule has 2 fully saturated rings. The first-order valence-corrected chi connectivity index (χ1v) is 6.47. The van der Waals surface area contributed by atoms with Crippen molar-refractivity contribution in [2.75, 3.05) is 13.1 Å². The van der Waals surface area contributed by atoms with Crippen molar-refractivity contribution in [2.45, 2.75) is 50.9 Å². The Hall–Kier alpha value is -1.30. The molecule has 2 aliphatic heterocycles. The van der Waals surface area contributed by atoms with E-state index in [1.807, 2.05) is 6.92 Å². The number of hydrogen-bond donors (Lipinski definition) is 2. The van der Waals surface area contributed by atoms with Crippen molar-refractivity contribution in [1.82, 2.24) is 10.2 Å². The molecule has 0 spiro atoms. The van der Waals surface area contributed by atoms with Crippen LogP contribution in [0.4, 0.5) is 4.79 Å². The summed E-state index contributed by atoms with van der Waals surface area (Å²) in [4.78, 5) is 24.2. The Morgan fingerprint density at radius 3 is 2.56 bits per heavy atom.